The molecule has 2 aromatic heterocycles. The standard InChI is InChI=1S/C9H8BrNOS.C7H5NOS.C2H4Br2/c10-3-4-12-7-1-2-9-8(5-7)11-6-13-9;9-5-1-2-7-6(3-5)8-4-10-7;3-1-2-4/h1-2,5-6H,3-4H2;1-4,9H;1-2H2. The summed E-state index contributed by atoms with van der Waals surface area (Å²) in [7, 11) is 0. The van der Waals surface area contributed by atoms with Crippen molar-refractivity contribution >= 4 is 90.9 Å². The summed E-state index contributed by atoms with van der Waals surface area (Å²) < 4.78 is 7.76. The minimum atomic E-state index is 0.276. The number of benzene rings is 2. The van der Waals surface area contributed by atoms with Gasteiger partial charge in [0, 0.05) is 28.1 Å². The number of thiazole rings is 2. The van der Waals surface area contributed by atoms with Crippen molar-refractivity contribution in [3.8, 4) is 11.5 Å². The monoisotopic (exact) mass is 594 g/mol. The van der Waals surface area contributed by atoms with Gasteiger partial charge in [-0.2, -0.15) is 0 Å². The fourth-order valence-electron chi connectivity index (χ4n) is 1.93. The molecule has 0 fully saturated rings. The Hall–Kier alpha value is -0.740. The minimum Gasteiger partial charge on any atom is -0.508 e. The Morgan fingerprint density at radius 3 is 2.00 bits per heavy atom. The molecule has 0 amide bonds. The van der Waals surface area contributed by atoms with Crippen molar-refractivity contribution < 1.29 is 9.84 Å². The Morgan fingerprint density at radius 2 is 1.41 bits per heavy atom. The largest absolute Gasteiger partial charge is 0.508 e. The summed E-state index contributed by atoms with van der Waals surface area (Å²) in [5, 5.41) is 12.0. The molecule has 0 radical (unpaired) electrons. The second kappa shape index (κ2) is 12.7. The van der Waals surface area contributed by atoms with Crippen LogP contribution in [-0.4, -0.2) is 37.7 Å². The smallest absolute Gasteiger partial charge is 0.121 e. The van der Waals surface area contributed by atoms with Crippen LogP contribution in [0.3, 0.4) is 0 Å². The molecule has 0 unspecified atom stereocenters. The third-order valence-electron chi connectivity index (χ3n) is 3.03. The zero-order valence-corrected chi connectivity index (χ0v) is 20.5. The lowest BCUT2D eigenvalue weighted by Gasteiger charge is -2.02. The van der Waals surface area contributed by atoms with Gasteiger partial charge in [-0.1, -0.05) is 47.8 Å². The number of nitrogens with zero attached hydrogens (tertiary/aromatic N) is 2. The van der Waals surface area contributed by atoms with Crippen LogP contribution in [0.1, 0.15) is 0 Å². The zero-order valence-electron chi connectivity index (χ0n) is 14.1. The lowest BCUT2D eigenvalue weighted by atomic mass is 10.3. The number of alkyl halides is 3. The number of aromatic nitrogens is 2. The van der Waals surface area contributed by atoms with Gasteiger partial charge in [0.05, 0.1) is 38.1 Å². The predicted molar refractivity (Wildman–Crippen MR) is 128 cm³/mol. The number of ether oxygens (including phenoxy) is 1. The van der Waals surface area contributed by atoms with Crippen LogP contribution >= 0.6 is 70.5 Å². The molecule has 4 aromatic rings. The molecule has 144 valence electrons. The lowest BCUT2D eigenvalue weighted by Crippen LogP contribution is -1.96. The third-order valence-corrected chi connectivity index (χ3v) is 6.83. The highest BCUT2D eigenvalue weighted by Gasteiger charge is 1.98. The van der Waals surface area contributed by atoms with Crippen LogP contribution in [-0.2, 0) is 0 Å². The van der Waals surface area contributed by atoms with Gasteiger partial charge in [-0.3, -0.25) is 0 Å². The summed E-state index contributed by atoms with van der Waals surface area (Å²) in [6.45, 7) is 0.690. The molecule has 0 aliphatic heterocycles. The van der Waals surface area contributed by atoms with E-state index in [-0.39, 0.29) is 5.75 Å². The van der Waals surface area contributed by atoms with Crippen LogP contribution in [0.25, 0.3) is 20.4 Å². The van der Waals surface area contributed by atoms with E-state index in [0.717, 1.165) is 37.5 Å². The first kappa shape index (κ1) is 22.5. The molecule has 4 nitrogen and oxygen atoms in total. The van der Waals surface area contributed by atoms with E-state index in [4.69, 9.17) is 9.84 Å². The van der Waals surface area contributed by atoms with Crippen molar-refractivity contribution in [1.29, 1.82) is 0 Å². The summed E-state index contributed by atoms with van der Waals surface area (Å²) in [6, 6.07) is 11.2. The van der Waals surface area contributed by atoms with Gasteiger partial charge >= 0.3 is 0 Å². The first-order valence-corrected chi connectivity index (χ1v) is 13.0. The molecule has 0 bridgehead atoms. The van der Waals surface area contributed by atoms with E-state index in [1.807, 2.05) is 29.8 Å². The Bertz CT molecular complexity index is 944. The zero-order chi connectivity index (χ0) is 19.5. The van der Waals surface area contributed by atoms with Crippen LogP contribution in [0, 0.1) is 0 Å². The molecule has 0 atom stereocenters. The quantitative estimate of drug-likeness (QED) is 0.262. The van der Waals surface area contributed by atoms with Crippen molar-refractivity contribution in [2.75, 3.05) is 22.6 Å². The molecular formula is C18H17Br3N2O2S2. The average molecular weight is 597 g/mol. The SMILES string of the molecule is BrCCBr.BrCCOc1ccc2scnc2c1.Oc1ccc2scnc2c1. The fraction of sp³-hybridized carbons (Fsp3) is 0.222. The van der Waals surface area contributed by atoms with E-state index < -0.39 is 0 Å². The molecule has 2 aromatic carbocycles. The Kier molecular flexibility index (Phi) is 10.6. The lowest BCUT2D eigenvalue weighted by molar-refractivity contribution is 0.345. The molecule has 0 saturated carbocycles. The van der Waals surface area contributed by atoms with E-state index in [1.165, 1.54) is 4.70 Å². The van der Waals surface area contributed by atoms with Crippen LogP contribution in [0.2, 0.25) is 0 Å². The van der Waals surface area contributed by atoms with Gasteiger partial charge in [-0.25, -0.2) is 9.97 Å². The molecule has 0 aliphatic carbocycles. The van der Waals surface area contributed by atoms with Gasteiger partial charge in [0.1, 0.15) is 11.5 Å². The molecule has 2 heterocycles. The number of hydrogen-bond donors (Lipinski definition) is 1. The number of phenolic OH excluding ortho intramolecular Hbond substituents is 1. The maximum Gasteiger partial charge on any atom is 0.121 e. The number of phenols is 1. The highest BCUT2D eigenvalue weighted by molar-refractivity contribution is 9.12. The highest BCUT2D eigenvalue weighted by atomic mass is 79.9. The summed E-state index contributed by atoms with van der Waals surface area (Å²) in [6.07, 6.45) is 0. The number of rotatable bonds is 4. The van der Waals surface area contributed by atoms with Crippen molar-refractivity contribution in [3.63, 3.8) is 0 Å². The highest BCUT2D eigenvalue weighted by Crippen LogP contribution is 2.23. The van der Waals surface area contributed by atoms with Crippen molar-refractivity contribution in [1.82, 2.24) is 9.97 Å². The second-order valence-corrected chi connectivity index (χ2v) is 9.05. The molecule has 1 N–H and O–H groups in total. The summed E-state index contributed by atoms with van der Waals surface area (Å²) >= 11 is 12.9. The molecule has 0 saturated heterocycles. The van der Waals surface area contributed by atoms with E-state index in [9.17, 15) is 0 Å². The van der Waals surface area contributed by atoms with Gasteiger partial charge in [0.15, 0.2) is 0 Å². The Labute approximate surface area is 191 Å². The minimum absolute atomic E-state index is 0.276. The molecule has 27 heavy (non-hydrogen) atoms. The van der Waals surface area contributed by atoms with Crippen LogP contribution < -0.4 is 4.74 Å². The van der Waals surface area contributed by atoms with Gasteiger partial charge in [-0.15, -0.1) is 22.7 Å². The molecule has 0 spiro atoms. The van der Waals surface area contributed by atoms with E-state index in [0.29, 0.717) is 6.61 Å². The number of halogens is 3. The van der Waals surface area contributed by atoms with Gasteiger partial charge < -0.3 is 9.84 Å². The number of aromatic hydroxyl groups is 1. The van der Waals surface area contributed by atoms with E-state index >= 15 is 0 Å². The van der Waals surface area contributed by atoms with Crippen molar-refractivity contribution in [2.24, 2.45) is 0 Å². The first-order valence-electron chi connectivity index (χ1n) is 7.84. The van der Waals surface area contributed by atoms with E-state index in [2.05, 4.69) is 57.8 Å². The maximum absolute atomic E-state index is 9.01. The van der Waals surface area contributed by atoms with Crippen molar-refractivity contribution in [3.05, 3.63) is 47.4 Å². The fourth-order valence-corrected chi connectivity index (χ4v) is 3.41. The van der Waals surface area contributed by atoms with Gasteiger partial charge in [0.2, 0.25) is 0 Å². The first-order chi connectivity index (χ1) is 13.2. The van der Waals surface area contributed by atoms with E-state index in [1.54, 1.807) is 40.3 Å². The van der Waals surface area contributed by atoms with Crippen LogP contribution in [0.4, 0.5) is 0 Å². The van der Waals surface area contributed by atoms with Crippen LogP contribution in [0.5, 0.6) is 11.5 Å². The molecule has 0 aliphatic rings. The number of fused-ring (bicyclic) bond motifs is 2. The third kappa shape index (κ3) is 7.65. The van der Waals surface area contributed by atoms with Crippen LogP contribution in [0.15, 0.2) is 47.4 Å². The van der Waals surface area contributed by atoms with Gasteiger partial charge in [-0.05, 0) is 24.3 Å². The Morgan fingerprint density at radius 1 is 0.815 bits per heavy atom. The summed E-state index contributed by atoms with van der Waals surface area (Å²) in [4.78, 5) is 8.25. The maximum atomic E-state index is 9.01. The number of hydrogen-bond acceptors (Lipinski definition) is 6. The van der Waals surface area contributed by atoms with Crippen molar-refractivity contribution in [2.45, 2.75) is 0 Å². The van der Waals surface area contributed by atoms with Gasteiger partial charge in [0.25, 0.3) is 0 Å². The second-order valence-electron chi connectivity index (χ2n) is 4.90. The topological polar surface area (TPSA) is 55.2 Å². The summed E-state index contributed by atoms with van der Waals surface area (Å²) in [5.74, 6) is 1.16. The molecular weight excluding hydrogens is 580 g/mol. The Balaban J connectivity index is 0.000000166. The summed E-state index contributed by atoms with van der Waals surface area (Å²) in [5.41, 5.74) is 5.49. The average Bonchev–Trinajstić information content (AvgIpc) is 3.35. The molecule has 4 rings (SSSR count). The molecule has 9 heteroatoms. The predicted octanol–water partition coefficient (Wildman–Crippen LogP) is 6.85. The normalized spacial score (nSPS) is 10.0.